The SMILES string of the molecule is CC/C(=C\C(=O)O)c1c(C)nn(C)c1C. The smallest absolute Gasteiger partial charge is 0.328 e. The Bertz CT molecular complexity index is 416. The summed E-state index contributed by atoms with van der Waals surface area (Å²) in [6, 6.07) is 0. The predicted octanol–water partition coefficient (Wildman–Crippen LogP) is 1.91. The van der Waals surface area contributed by atoms with Crippen LogP contribution in [0.3, 0.4) is 0 Å². The van der Waals surface area contributed by atoms with Gasteiger partial charge in [0, 0.05) is 24.4 Å². The van der Waals surface area contributed by atoms with Gasteiger partial charge in [0.25, 0.3) is 0 Å². The van der Waals surface area contributed by atoms with E-state index >= 15 is 0 Å². The van der Waals surface area contributed by atoms with Crippen molar-refractivity contribution in [2.45, 2.75) is 27.2 Å². The van der Waals surface area contributed by atoms with Crippen molar-refractivity contribution in [2.24, 2.45) is 7.05 Å². The minimum Gasteiger partial charge on any atom is -0.478 e. The van der Waals surface area contributed by atoms with Crippen LogP contribution in [-0.2, 0) is 11.8 Å². The van der Waals surface area contributed by atoms with Crippen molar-refractivity contribution in [3.8, 4) is 0 Å². The number of allylic oxidation sites excluding steroid dienone is 1. The summed E-state index contributed by atoms with van der Waals surface area (Å²) >= 11 is 0. The lowest BCUT2D eigenvalue weighted by Crippen LogP contribution is -1.96. The molecule has 0 bridgehead atoms. The highest BCUT2D eigenvalue weighted by Gasteiger charge is 2.13. The Kier molecular flexibility index (Phi) is 3.29. The van der Waals surface area contributed by atoms with Crippen molar-refractivity contribution in [3.63, 3.8) is 0 Å². The molecule has 0 fully saturated rings. The fraction of sp³-hybridized carbons (Fsp3) is 0.455. The van der Waals surface area contributed by atoms with Crippen LogP contribution in [0.2, 0.25) is 0 Å². The van der Waals surface area contributed by atoms with Crippen LogP contribution in [0, 0.1) is 13.8 Å². The second-order valence-electron chi connectivity index (χ2n) is 3.53. The van der Waals surface area contributed by atoms with Crippen LogP contribution in [-0.4, -0.2) is 20.9 Å². The topological polar surface area (TPSA) is 55.1 Å². The number of carbonyl (C=O) groups is 1. The Morgan fingerprint density at radius 2 is 2.13 bits per heavy atom. The number of carboxylic acids is 1. The van der Waals surface area contributed by atoms with Crippen molar-refractivity contribution in [3.05, 3.63) is 23.0 Å². The average Bonchev–Trinajstić information content (AvgIpc) is 2.38. The van der Waals surface area contributed by atoms with E-state index in [0.717, 1.165) is 22.5 Å². The molecule has 0 aliphatic rings. The van der Waals surface area contributed by atoms with E-state index in [1.54, 1.807) is 4.68 Å². The molecule has 82 valence electrons. The molecule has 1 N–H and O–H groups in total. The number of carboxylic acid groups (broad SMARTS) is 1. The molecule has 0 unspecified atom stereocenters. The van der Waals surface area contributed by atoms with Crippen LogP contribution in [0.5, 0.6) is 0 Å². The molecule has 4 heteroatoms. The third kappa shape index (κ3) is 2.26. The molecule has 1 aromatic heterocycles. The molecule has 15 heavy (non-hydrogen) atoms. The lowest BCUT2D eigenvalue weighted by atomic mass is 10.0. The van der Waals surface area contributed by atoms with Gasteiger partial charge in [0.15, 0.2) is 0 Å². The fourth-order valence-corrected chi connectivity index (χ4v) is 1.74. The first kappa shape index (κ1) is 11.5. The van der Waals surface area contributed by atoms with Gasteiger partial charge in [-0.1, -0.05) is 6.92 Å². The summed E-state index contributed by atoms with van der Waals surface area (Å²) in [5.41, 5.74) is 3.67. The highest BCUT2D eigenvalue weighted by Crippen LogP contribution is 2.24. The van der Waals surface area contributed by atoms with E-state index in [4.69, 9.17) is 5.11 Å². The minimum absolute atomic E-state index is 0.694. The van der Waals surface area contributed by atoms with Crippen molar-refractivity contribution in [1.29, 1.82) is 0 Å². The zero-order valence-corrected chi connectivity index (χ0v) is 9.53. The summed E-state index contributed by atoms with van der Waals surface area (Å²) in [7, 11) is 1.86. The number of hydrogen-bond donors (Lipinski definition) is 1. The predicted molar refractivity (Wildman–Crippen MR) is 58.6 cm³/mol. The molecule has 0 atom stereocenters. The Hall–Kier alpha value is -1.58. The Morgan fingerprint density at radius 1 is 1.53 bits per heavy atom. The lowest BCUT2D eigenvalue weighted by molar-refractivity contribution is -0.131. The van der Waals surface area contributed by atoms with Gasteiger partial charge in [-0.3, -0.25) is 4.68 Å². The largest absolute Gasteiger partial charge is 0.478 e. The zero-order chi connectivity index (χ0) is 11.6. The first-order chi connectivity index (χ1) is 6.97. The summed E-state index contributed by atoms with van der Waals surface area (Å²) in [6.45, 7) is 5.79. The first-order valence-electron chi connectivity index (χ1n) is 4.91. The van der Waals surface area contributed by atoms with Crippen molar-refractivity contribution >= 4 is 11.5 Å². The van der Waals surface area contributed by atoms with Crippen molar-refractivity contribution in [1.82, 2.24) is 9.78 Å². The Morgan fingerprint density at radius 3 is 2.47 bits per heavy atom. The van der Waals surface area contributed by atoms with Gasteiger partial charge in [-0.25, -0.2) is 4.79 Å². The number of aryl methyl sites for hydroxylation is 2. The molecule has 0 aromatic carbocycles. The number of hydrogen-bond acceptors (Lipinski definition) is 2. The van der Waals surface area contributed by atoms with Crippen LogP contribution in [0.25, 0.3) is 5.57 Å². The summed E-state index contributed by atoms with van der Waals surface area (Å²) in [4.78, 5) is 10.7. The van der Waals surface area contributed by atoms with E-state index in [0.29, 0.717) is 6.42 Å². The molecular weight excluding hydrogens is 192 g/mol. The zero-order valence-electron chi connectivity index (χ0n) is 9.53. The van der Waals surface area contributed by atoms with Gasteiger partial charge in [0.1, 0.15) is 0 Å². The Balaban J connectivity index is 3.30. The first-order valence-corrected chi connectivity index (χ1v) is 4.91. The van der Waals surface area contributed by atoms with Gasteiger partial charge < -0.3 is 5.11 Å². The molecule has 0 radical (unpaired) electrons. The third-order valence-corrected chi connectivity index (χ3v) is 2.51. The minimum atomic E-state index is -0.908. The van der Waals surface area contributed by atoms with E-state index in [1.165, 1.54) is 6.08 Å². The number of rotatable bonds is 3. The molecular formula is C11H16N2O2. The molecule has 4 nitrogen and oxygen atoms in total. The fourth-order valence-electron chi connectivity index (χ4n) is 1.74. The summed E-state index contributed by atoms with van der Waals surface area (Å²) in [5, 5.41) is 13.0. The number of aliphatic carboxylic acids is 1. The van der Waals surface area contributed by atoms with Crippen LogP contribution >= 0.6 is 0 Å². The average molecular weight is 208 g/mol. The van der Waals surface area contributed by atoms with E-state index in [2.05, 4.69) is 5.10 Å². The van der Waals surface area contributed by atoms with Crippen LogP contribution < -0.4 is 0 Å². The van der Waals surface area contributed by atoms with E-state index < -0.39 is 5.97 Å². The molecule has 0 saturated carbocycles. The van der Waals surface area contributed by atoms with E-state index in [1.807, 2.05) is 27.8 Å². The van der Waals surface area contributed by atoms with Crippen LogP contribution in [0.15, 0.2) is 6.08 Å². The summed E-state index contributed by atoms with van der Waals surface area (Å²) < 4.78 is 1.77. The Labute approximate surface area is 89.2 Å². The number of aromatic nitrogens is 2. The summed E-state index contributed by atoms with van der Waals surface area (Å²) in [5.74, 6) is -0.908. The molecule has 0 saturated heterocycles. The molecule has 1 aromatic rings. The molecule has 0 aliphatic heterocycles. The molecule has 1 heterocycles. The van der Waals surface area contributed by atoms with E-state index in [-0.39, 0.29) is 0 Å². The van der Waals surface area contributed by atoms with E-state index in [9.17, 15) is 4.79 Å². The van der Waals surface area contributed by atoms with Crippen molar-refractivity contribution < 1.29 is 9.90 Å². The van der Waals surface area contributed by atoms with Gasteiger partial charge >= 0.3 is 5.97 Å². The second kappa shape index (κ2) is 4.29. The summed E-state index contributed by atoms with van der Waals surface area (Å²) in [6.07, 6.45) is 1.96. The molecule has 0 spiro atoms. The maximum absolute atomic E-state index is 10.7. The lowest BCUT2D eigenvalue weighted by Gasteiger charge is -2.04. The van der Waals surface area contributed by atoms with Crippen LogP contribution in [0.4, 0.5) is 0 Å². The number of nitrogens with zero attached hydrogens (tertiary/aromatic N) is 2. The van der Waals surface area contributed by atoms with Crippen LogP contribution in [0.1, 0.15) is 30.3 Å². The molecule has 0 amide bonds. The highest BCUT2D eigenvalue weighted by molar-refractivity contribution is 5.90. The maximum atomic E-state index is 10.7. The standard InChI is InChI=1S/C11H16N2O2/c1-5-9(6-10(14)15)11-7(2)12-13(4)8(11)3/h6H,5H2,1-4H3,(H,14,15)/b9-6+. The normalized spacial score (nSPS) is 11.9. The third-order valence-electron chi connectivity index (χ3n) is 2.51. The van der Waals surface area contributed by atoms with Gasteiger partial charge in [0.05, 0.1) is 5.69 Å². The van der Waals surface area contributed by atoms with Gasteiger partial charge in [-0.2, -0.15) is 5.10 Å². The quantitative estimate of drug-likeness (QED) is 0.772. The maximum Gasteiger partial charge on any atom is 0.328 e. The monoisotopic (exact) mass is 208 g/mol. The molecule has 1 rings (SSSR count). The van der Waals surface area contributed by atoms with Gasteiger partial charge in [-0.05, 0) is 25.8 Å². The van der Waals surface area contributed by atoms with Gasteiger partial charge in [-0.15, -0.1) is 0 Å². The highest BCUT2D eigenvalue weighted by atomic mass is 16.4. The van der Waals surface area contributed by atoms with Crippen molar-refractivity contribution in [2.75, 3.05) is 0 Å². The molecule has 0 aliphatic carbocycles. The van der Waals surface area contributed by atoms with Gasteiger partial charge in [0.2, 0.25) is 0 Å². The second-order valence-corrected chi connectivity index (χ2v) is 3.53.